The van der Waals surface area contributed by atoms with Gasteiger partial charge >= 0.3 is 0 Å². The molecule has 1 atom stereocenters. The van der Waals surface area contributed by atoms with Crippen molar-refractivity contribution in [3.8, 4) is 0 Å². The maximum Gasteiger partial charge on any atom is 0.170 e. The molecule has 0 aromatic rings. The lowest BCUT2D eigenvalue weighted by Crippen LogP contribution is -1.99. The molecule has 1 fully saturated rings. The Hall–Kier alpha value is -1.20. The van der Waals surface area contributed by atoms with Crippen LogP contribution in [0, 0.1) is 0 Å². The minimum atomic E-state index is 0.309. The van der Waals surface area contributed by atoms with Crippen LogP contribution in [0.2, 0.25) is 0 Å². The SMILES string of the molecule is C1=C=C(OCC2CO2)C=CC=1. The molecule has 1 heterocycles. The molecule has 1 aliphatic heterocycles. The van der Waals surface area contributed by atoms with E-state index in [1.54, 1.807) is 6.08 Å². The van der Waals surface area contributed by atoms with Gasteiger partial charge in [-0.3, -0.25) is 0 Å². The first-order valence-corrected chi connectivity index (χ1v) is 3.58. The topological polar surface area (TPSA) is 21.8 Å². The largest absolute Gasteiger partial charge is 0.483 e. The molecule has 0 radical (unpaired) electrons. The molecule has 1 aliphatic carbocycles. The second kappa shape index (κ2) is 2.81. The second-order valence-electron chi connectivity index (χ2n) is 2.43. The fraction of sp³-hybridized carbons (Fsp3) is 0.333. The van der Waals surface area contributed by atoms with Gasteiger partial charge in [-0.05, 0) is 24.0 Å². The van der Waals surface area contributed by atoms with Crippen molar-refractivity contribution in [1.82, 2.24) is 0 Å². The molecule has 2 heteroatoms. The summed E-state index contributed by atoms with van der Waals surface area (Å²) in [5, 5.41) is 0. The van der Waals surface area contributed by atoms with Crippen LogP contribution in [0.15, 0.2) is 35.4 Å². The second-order valence-corrected chi connectivity index (χ2v) is 2.43. The van der Waals surface area contributed by atoms with Crippen molar-refractivity contribution < 1.29 is 9.47 Å². The highest BCUT2D eigenvalue weighted by Gasteiger charge is 2.23. The molecule has 1 unspecified atom stereocenters. The molecule has 0 spiro atoms. The van der Waals surface area contributed by atoms with Gasteiger partial charge in [0.2, 0.25) is 0 Å². The molecule has 0 N–H and O–H groups in total. The summed E-state index contributed by atoms with van der Waals surface area (Å²) in [6.45, 7) is 1.46. The third-order valence-corrected chi connectivity index (χ3v) is 1.45. The van der Waals surface area contributed by atoms with Gasteiger partial charge in [0.1, 0.15) is 12.7 Å². The summed E-state index contributed by atoms with van der Waals surface area (Å²) >= 11 is 0. The lowest BCUT2D eigenvalue weighted by molar-refractivity contribution is 0.193. The Bertz CT molecular complexity index is 272. The van der Waals surface area contributed by atoms with Crippen LogP contribution in [-0.2, 0) is 9.47 Å². The van der Waals surface area contributed by atoms with E-state index in [1.807, 2.05) is 12.2 Å². The first-order valence-electron chi connectivity index (χ1n) is 3.58. The van der Waals surface area contributed by atoms with Crippen LogP contribution in [0.3, 0.4) is 0 Å². The fourth-order valence-corrected chi connectivity index (χ4v) is 0.769. The molecule has 0 bridgehead atoms. The zero-order chi connectivity index (χ0) is 7.52. The summed E-state index contributed by atoms with van der Waals surface area (Å²) in [5.41, 5.74) is 5.66. The van der Waals surface area contributed by atoms with E-state index in [1.165, 1.54) is 0 Å². The van der Waals surface area contributed by atoms with Crippen LogP contribution in [0.1, 0.15) is 0 Å². The molecular weight excluding hydrogens is 140 g/mol. The molecular formula is C9H8O2. The van der Waals surface area contributed by atoms with Gasteiger partial charge in [-0.15, -0.1) is 0 Å². The van der Waals surface area contributed by atoms with Crippen molar-refractivity contribution in [3.63, 3.8) is 0 Å². The van der Waals surface area contributed by atoms with E-state index in [0.29, 0.717) is 12.7 Å². The average molecular weight is 148 g/mol. The van der Waals surface area contributed by atoms with Gasteiger partial charge in [-0.2, -0.15) is 0 Å². The average Bonchev–Trinajstić information content (AvgIpc) is 2.86. The van der Waals surface area contributed by atoms with E-state index >= 15 is 0 Å². The van der Waals surface area contributed by atoms with Crippen molar-refractivity contribution in [2.24, 2.45) is 0 Å². The highest BCUT2D eigenvalue weighted by molar-refractivity contribution is 5.21. The number of ether oxygens (including phenoxy) is 2. The lowest BCUT2D eigenvalue weighted by Gasteiger charge is -2.01. The van der Waals surface area contributed by atoms with Gasteiger partial charge in [0.15, 0.2) is 5.76 Å². The number of hydrogen-bond donors (Lipinski definition) is 0. The Morgan fingerprint density at radius 3 is 3.27 bits per heavy atom. The molecule has 0 amide bonds. The molecule has 2 nitrogen and oxygen atoms in total. The van der Waals surface area contributed by atoms with Crippen LogP contribution < -0.4 is 0 Å². The zero-order valence-corrected chi connectivity index (χ0v) is 6.04. The van der Waals surface area contributed by atoms with Gasteiger partial charge in [-0.25, -0.2) is 0 Å². The van der Waals surface area contributed by atoms with Crippen LogP contribution in [0.25, 0.3) is 0 Å². The zero-order valence-electron chi connectivity index (χ0n) is 6.04. The number of rotatable bonds is 3. The normalized spacial score (nSPS) is 25.1. The van der Waals surface area contributed by atoms with Crippen LogP contribution in [0.5, 0.6) is 0 Å². The Labute approximate surface area is 65.1 Å². The van der Waals surface area contributed by atoms with E-state index in [4.69, 9.17) is 9.47 Å². The maximum absolute atomic E-state index is 5.32. The van der Waals surface area contributed by atoms with E-state index in [0.717, 1.165) is 12.4 Å². The highest BCUT2D eigenvalue weighted by atomic mass is 16.6. The smallest absolute Gasteiger partial charge is 0.170 e. The monoisotopic (exact) mass is 148 g/mol. The van der Waals surface area contributed by atoms with E-state index < -0.39 is 0 Å². The van der Waals surface area contributed by atoms with Crippen molar-refractivity contribution in [2.75, 3.05) is 13.2 Å². The Morgan fingerprint density at radius 2 is 2.64 bits per heavy atom. The quantitative estimate of drug-likeness (QED) is 0.442. The van der Waals surface area contributed by atoms with Crippen molar-refractivity contribution in [2.45, 2.75) is 6.10 Å². The molecule has 0 saturated carbocycles. The third-order valence-electron chi connectivity index (χ3n) is 1.45. The third kappa shape index (κ3) is 1.86. The van der Waals surface area contributed by atoms with Gasteiger partial charge in [0.25, 0.3) is 0 Å². The van der Waals surface area contributed by atoms with Crippen molar-refractivity contribution in [1.29, 1.82) is 0 Å². The van der Waals surface area contributed by atoms with Gasteiger partial charge in [-0.1, -0.05) is 5.73 Å². The van der Waals surface area contributed by atoms with Gasteiger partial charge in [0, 0.05) is 0 Å². The maximum atomic E-state index is 5.32. The Kier molecular flexibility index (Phi) is 1.66. The number of hydrogen-bond acceptors (Lipinski definition) is 2. The molecule has 1 saturated heterocycles. The molecule has 0 aromatic carbocycles. The molecule has 11 heavy (non-hydrogen) atoms. The predicted octanol–water partition coefficient (Wildman–Crippen LogP) is 1.17. The van der Waals surface area contributed by atoms with E-state index in [9.17, 15) is 0 Å². The minimum Gasteiger partial charge on any atom is -0.483 e. The van der Waals surface area contributed by atoms with Crippen molar-refractivity contribution >= 4 is 0 Å². The molecule has 2 aliphatic rings. The first-order chi connectivity index (χ1) is 5.45. The lowest BCUT2D eigenvalue weighted by atomic mass is 10.3. The predicted molar refractivity (Wildman–Crippen MR) is 39.9 cm³/mol. The van der Waals surface area contributed by atoms with Crippen molar-refractivity contribution in [3.05, 3.63) is 35.4 Å². The molecule has 2 rings (SSSR count). The van der Waals surface area contributed by atoms with Crippen LogP contribution >= 0.6 is 0 Å². The Balaban J connectivity index is 1.89. The van der Waals surface area contributed by atoms with Crippen LogP contribution in [-0.4, -0.2) is 19.3 Å². The van der Waals surface area contributed by atoms with Gasteiger partial charge < -0.3 is 9.47 Å². The summed E-state index contributed by atoms with van der Waals surface area (Å²) in [6.07, 6.45) is 5.84. The highest BCUT2D eigenvalue weighted by Crippen LogP contribution is 2.11. The summed E-state index contributed by atoms with van der Waals surface area (Å²) in [4.78, 5) is 0. The van der Waals surface area contributed by atoms with E-state index in [2.05, 4.69) is 11.5 Å². The fourth-order valence-electron chi connectivity index (χ4n) is 0.769. The number of epoxide rings is 1. The molecule has 56 valence electrons. The summed E-state index contributed by atoms with van der Waals surface area (Å²) in [6, 6.07) is 0. The summed E-state index contributed by atoms with van der Waals surface area (Å²) < 4.78 is 10.3. The summed E-state index contributed by atoms with van der Waals surface area (Å²) in [5.74, 6) is 0.739. The Morgan fingerprint density at radius 1 is 1.73 bits per heavy atom. The van der Waals surface area contributed by atoms with Crippen LogP contribution in [0.4, 0.5) is 0 Å². The first kappa shape index (κ1) is 6.51. The standard InChI is InChI=1S/C9H8O2/c1-2-4-8(5-3-1)10-6-9-7-11-9/h1-2,4,9H,6-7H2. The van der Waals surface area contributed by atoms with Gasteiger partial charge in [0.05, 0.1) is 6.61 Å². The summed E-state index contributed by atoms with van der Waals surface area (Å²) in [7, 11) is 0. The number of allylic oxidation sites excluding steroid dienone is 3. The van der Waals surface area contributed by atoms with E-state index in [-0.39, 0.29) is 0 Å². The molecule has 0 aromatic heterocycles. The minimum absolute atomic E-state index is 0.309.